The molecule has 112 valence electrons. The Morgan fingerprint density at radius 2 is 1.73 bits per heavy atom. The molecule has 0 aliphatic rings. The molecule has 1 atom stereocenters. The van der Waals surface area contributed by atoms with Crippen LogP contribution in [0.15, 0.2) is 42.6 Å². The second kappa shape index (κ2) is 5.30. The van der Waals surface area contributed by atoms with Crippen LogP contribution in [-0.2, 0) is 4.79 Å². The number of aliphatic carboxylic acids is 1. The summed E-state index contributed by atoms with van der Waals surface area (Å²) in [5, 5.41) is 9.46. The van der Waals surface area contributed by atoms with Crippen LogP contribution in [0.3, 0.4) is 0 Å². The maximum atomic E-state index is 11.5. The van der Waals surface area contributed by atoms with Crippen molar-refractivity contribution in [2.75, 3.05) is 0 Å². The third-order valence-corrected chi connectivity index (χ3v) is 3.91. The van der Waals surface area contributed by atoms with Gasteiger partial charge in [-0.3, -0.25) is 4.79 Å². The maximum absolute atomic E-state index is 11.5. The minimum atomic E-state index is -0.850. The molecule has 3 rings (SSSR count). The summed E-state index contributed by atoms with van der Waals surface area (Å²) in [5.41, 5.74) is 5.39. The average Bonchev–Trinajstić information content (AvgIpc) is 2.85. The summed E-state index contributed by atoms with van der Waals surface area (Å²) in [5.74, 6) is -1.48. The van der Waals surface area contributed by atoms with Gasteiger partial charge in [0.1, 0.15) is 5.65 Å². The van der Waals surface area contributed by atoms with E-state index in [1.54, 1.807) is 6.92 Å². The van der Waals surface area contributed by atoms with E-state index in [1.807, 2.05) is 60.8 Å². The molecule has 2 heterocycles. The van der Waals surface area contributed by atoms with Gasteiger partial charge in [0.2, 0.25) is 0 Å². The number of hydrogen-bond donors (Lipinski definition) is 1. The van der Waals surface area contributed by atoms with E-state index in [0.29, 0.717) is 0 Å². The van der Waals surface area contributed by atoms with E-state index in [4.69, 9.17) is 0 Å². The van der Waals surface area contributed by atoms with Gasteiger partial charge in [-0.15, -0.1) is 0 Å². The van der Waals surface area contributed by atoms with Gasteiger partial charge in [-0.1, -0.05) is 35.9 Å². The SMILES string of the molecule is Cc1ccc(-c2nc3ccc(C)cn3c2C(C)C(=O)O)cc1. The van der Waals surface area contributed by atoms with Crippen molar-refractivity contribution >= 4 is 11.6 Å². The van der Waals surface area contributed by atoms with Gasteiger partial charge < -0.3 is 9.51 Å². The predicted octanol–water partition coefficient (Wildman–Crippen LogP) is 3.81. The molecule has 0 fully saturated rings. The highest BCUT2D eigenvalue weighted by Gasteiger charge is 2.24. The molecule has 4 nitrogen and oxygen atoms in total. The standard InChI is InChI=1S/C18H18N2O2/c1-11-4-7-14(8-5-11)16-17(13(3)18(21)22)20-10-12(2)6-9-15(20)19-16/h4-10,13H,1-3H3,(H,21,22). The average molecular weight is 294 g/mol. The summed E-state index contributed by atoms with van der Waals surface area (Å²) in [6, 6.07) is 11.9. The van der Waals surface area contributed by atoms with Crippen LogP contribution in [0.2, 0.25) is 0 Å². The number of aromatic nitrogens is 2. The van der Waals surface area contributed by atoms with Crippen LogP contribution in [0.5, 0.6) is 0 Å². The first-order valence-electron chi connectivity index (χ1n) is 7.26. The van der Waals surface area contributed by atoms with Crippen molar-refractivity contribution in [2.45, 2.75) is 26.7 Å². The van der Waals surface area contributed by atoms with E-state index >= 15 is 0 Å². The molecule has 2 aromatic heterocycles. The minimum Gasteiger partial charge on any atom is -0.481 e. The molecule has 0 saturated heterocycles. The van der Waals surface area contributed by atoms with Crippen LogP contribution in [0, 0.1) is 13.8 Å². The van der Waals surface area contributed by atoms with Crippen molar-refractivity contribution in [3.8, 4) is 11.3 Å². The first-order valence-corrected chi connectivity index (χ1v) is 7.26. The molecule has 0 radical (unpaired) electrons. The number of fused-ring (bicyclic) bond motifs is 1. The van der Waals surface area contributed by atoms with Gasteiger partial charge in [0.15, 0.2) is 0 Å². The number of rotatable bonds is 3. The zero-order valence-corrected chi connectivity index (χ0v) is 12.9. The van der Waals surface area contributed by atoms with Gasteiger partial charge in [0.05, 0.1) is 17.3 Å². The van der Waals surface area contributed by atoms with Crippen molar-refractivity contribution in [3.05, 3.63) is 59.4 Å². The van der Waals surface area contributed by atoms with Gasteiger partial charge in [0.25, 0.3) is 0 Å². The van der Waals surface area contributed by atoms with Gasteiger partial charge in [0, 0.05) is 11.8 Å². The zero-order valence-electron chi connectivity index (χ0n) is 12.9. The van der Waals surface area contributed by atoms with Gasteiger partial charge in [-0.2, -0.15) is 0 Å². The number of pyridine rings is 1. The Kier molecular flexibility index (Phi) is 3.45. The molecule has 1 unspecified atom stereocenters. The maximum Gasteiger partial charge on any atom is 0.312 e. The first kappa shape index (κ1) is 14.3. The largest absolute Gasteiger partial charge is 0.481 e. The Bertz CT molecular complexity index is 847. The number of carboxylic acid groups (broad SMARTS) is 1. The third kappa shape index (κ3) is 2.37. The predicted molar refractivity (Wildman–Crippen MR) is 86.2 cm³/mol. The van der Waals surface area contributed by atoms with E-state index in [9.17, 15) is 9.90 Å². The second-order valence-corrected chi connectivity index (χ2v) is 5.71. The van der Waals surface area contributed by atoms with Crippen LogP contribution >= 0.6 is 0 Å². The van der Waals surface area contributed by atoms with E-state index in [2.05, 4.69) is 4.98 Å². The molecule has 1 N–H and O–H groups in total. The highest BCUT2D eigenvalue weighted by Crippen LogP contribution is 2.30. The normalized spacial score (nSPS) is 12.5. The Balaban J connectivity index is 2.31. The molecule has 0 aliphatic heterocycles. The van der Waals surface area contributed by atoms with Gasteiger partial charge in [-0.25, -0.2) is 4.98 Å². The van der Waals surface area contributed by atoms with Crippen molar-refractivity contribution < 1.29 is 9.90 Å². The van der Waals surface area contributed by atoms with Crippen LogP contribution in [0.4, 0.5) is 0 Å². The molecule has 0 amide bonds. The summed E-state index contributed by atoms with van der Waals surface area (Å²) in [6.07, 6.45) is 1.94. The zero-order chi connectivity index (χ0) is 15.9. The van der Waals surface area contributed by atoms with Gasteiger partial charge in [-0.05, 0) is 32.4 Å². The lowest BCUT2D eigenvalue weighted by molar-refractivity contribution is -0.138. The van der Waals surface area contributed by atoms with E-state index < -0.39 is 11.9 Å². The molecule has 4 heteroatoms. The Morgan fingerprint density at radius 1 is 1.09 bits per heavy atom. The molecule has 3 aromatic rings. The highest BCUT2D eigenvalue weighted by molar-refractivity contribution is 5.80. The fourth-order valence-electron chi connectivity index (χ4n) is 2.62. The monoisotopic (exact) mass is 294 g/mol. The van der Waals surface area contributed by atoms with Crippen molar-refractivity contribution in [1.29, 1.82) is 0 Å². The summed E-state index contributed by atoms with van der Waals surface area (Å²) >= 11 is 0. The first-order chi connectivity index (χ1) is 10.5. The molecular formula is C18H18N2O2. The molecule has 22 heavy (non-hydrogen) atoms. The number of hydrogen-bond acceptors (Lipinski definition) is 2. The molecule has 0 aliphatic carbocycles. The fourth-order valence-corrected chi connectivity index (χ4v) is 2.62. The summed E-state index contributed by atoms with van der Waals surface area (Å²) in [7, 11) is 0. The number of imidazole rings is 1. The molecule has 0 spiro atoms. The quantitative estimate of drug-likeness (QED) is 0.799. The van der Waals surface area contributed by atoms with Crippen LogP contribution < -0.4 is 0 Å². The lowest BCUT2D eigenvalue weighted by atomic mass is 10.0. The third-order valence-electron chi connectivity index (χ3n) is 3.91. The van der Waals surface area contributed by atoms with Gasteiger partial charge >= 0.3 is 5.97 Å². The lowest BCUT2D eigenvalue weighted by Crippen LogP contribution is -2.11. The second-order valence-electron chi connectivity index (χ2n) is 5.71. The molecule has 0 bridgehead atoms. The number of benzene rings is 1. The Labute approximate surface area is 129 Å². The number of carbonyl (C=O) groups is 1. The van der Waals surface area contributed by atoms with E-state index in [0.717, 1.165) is 33.7 Å². The van der Waals surface area contributed by atoms with E-state index in [-0.39, 0.29) is 0 Å². The van der Waals surface area contributed by atoms with Crippen molar-refractivity contribution in [3.63, 3.8) is 0 Å². The van der Waals surface area contributed by atoms with Crippen LogP contribution in [0.25, 0.3) is 16.9 Å². The Hall–Kier alpha value is -2.62. The summed E-state index contributed by atoms with van der Waals surface area (Å²) < 4.78 is 1.89. The van der Waals surface area contributed by atoms with Crippen molar-refractivity contribution in [1.82, 2.24) is 9.38 Å². The Morgan fingerprint density at radius 3 is 2.36 bits per heavy atom. The smallest absolute Gasteiger partial charge is 0.312 e. The number of aryl methyl sites for hydroxylation is 2. The number of nitrogens with zero attached hydrogens (tertiary/aromatic N) is 2. The lowest BCUT2D eigenvalue weighted by Gasteiger charge is -2.10. The van der Waals surface area contributed by atoms with Crippen molar-refractivity contribution in [2.24, 2.45) is 0 Å². The molecule has 1 aromatic carbocycles. The fraction of sp³-hybridized carbons (Fsp3) is 0.222. The topological polar surface area (TPSA) is 54.6 Å². The molecule has 0 saturated carbocycles. The summed E-state index contributed by atoms with van der Waals surface area (Å²) in [6.45, 7) is 5.71. The minimum absolute atomic E-state index is 0.631. The van der Waals surface area contributed by atoms with Crippen LogP contribution in [-0.4, -0.2) is 20.5 Å². The van der Waals surface area contributed by atoms with E-state index in [1.165, 1.54) is 0 Å². The highest BCUT2D eigenvalue weighted by atomic mass is 16.4. The summed E-state index contributed by atoms with van der Waals surface area (Å²) in [4.78, 5) is 16.2. The van der Waals surface area contributed by atoms with Crippen LogP contribution in [0.1, 0.15) is 29.7 Å². The molecular weight excluding hydrogens is 276 g/mol. The number of carboxylic acids is 1.